The molecule has 2 rings (SSSR count). The molecule has 0 bridgehead atoms. The molecule has 1 heterocycles. The van der Waals surface area contributed by atoms with Gasteiger partial charge in [0.2, 0.25) is 5.91 Å². The van der Waals surface area contributed by atoms with Gasteiger partial charge >= 0.3 is 0 Å². The summed E-state index contributed by atoms with van der Waals surface area (Å²) in [5.41, 5.74) is 7.20. The number of hydrogen-bond acceptors (Lipinski definition) is 3. The van der Waals surface area contributed by atoms with E-state index in [2.05, 4.69) is 4.90 Å². The van der Waals surface area contributed by atoms with Crippen LogP contribution in [0.2, 0.25) is 0 Å². The lowest BCUT2D eigenvalue weighted by Crippen LogP contribution is -2.33. The molecular weight excluding hydrogens is 289 g/mol. The number of nitrogens with two attached hydrogens (primary N) is 1. The van der Waals surface area contributed by atoms with Gasteiger partial charge in [-0.05, 0) is 24.1 Å². The van der Waals surface area contributed by atoms with Crippen LogP contribution < -0.4 is 5.73 Å². The second kappa shape index (κ2) is 6.95. The van der Waals surface area contributed by atoms with E-state index in [-0.39, 0.29) is 16.7 Å². The fraction of sp³-hybridized carbons (Fsp3) is 0.467. The Balaban J connectivity index is 2.08. The van der Waals surface area contributed by atoms with Crippen LogP contribution in [-0.2, 0) is 11.3 Å². The van der Waals surface area contributed by atoms with Gasteiger partial charge in [-0.3, -0.25) is 9.69 Å². The van der Waals surface area contributed by atoms with Crippen molar-refractivity contribution in [3.8, 4) is 0 Å². The van der Waals surface area contributed by atoms with Crippen molar-refractivity contribution in [2.75, 3.05) is 26.2 Å². The Hall–Kier alpha value is -1.53. The minimum atomic E-state index is -0.333. The summed E-state index contributed by atoms with van der Waals surface area (Å²) < 4.78 is 13.3. The Kier molecular flexibility index (Phi) is 5.25. The highest BCUT2D eigenvalue weighted by atomic mass is 32.1. The van der Waals surface area contributed by atoms with Crippen LogP contribution in [0, 0.1) is 5.82 Å². The number of carbonyl (C=O) groups excluding carboxylic acids is 1. The number of amides is 1. The van der Waals surface area contributed by atoms with Gasteiger partial charge in [-0.15, -0.1) is 0 Å². The molecule has 114 valence electrons. The van der Waals surface area contributed by atoms with Gasteiger partial charge in [0, 0.05) is 45.2 Å². The SMILES string of the molecule is CC(=O)N1CCCN(Cc2ccc(F)cc2C(N)=S)CC1. The average Bonchev–Trinajstić information content (AvgIpc) is 2.66. The third-order valence-corrected chi connectivity index (χ3v) is 3.99. The van der Waals surface area contributed by atoms with Gasteiger partial charge in [-0.2, -0.15) is 0 Å². The van der Waals surface area contributed by atoms with E-state index in [0.29, 0.717) is 12.1 Å². The molecule has 21 heavy (non-hydrogen) atoms. The van der Waals surface area contributed by atoms with Crippen molar-refractivity contribution in [3.05, 3.63) is 35.1 Å². The van der Waals surface area contributed by atoms with E-state index < -0.39 is 0 Å². The van der Waals surface area contributed by atoms with Crippen molar-refractivity contribution in [1.29, 1.82) is 0 Å². The third kappa shape index (κ3) is 4.22. The lowest BCUT2D eigenvalue weighted by atomic mass is 10.1. The first-order valence-corrected chi connectivity index (χ1v) is 7.44. The van der Waals surface area contributed by atoms with Gasteiger partial charge in [0.15, 0.2) is 0 Å². The largest absolute Gasteiger partial charge is 0.389 e. The number of halogens is 1. The first-order valence-electron chi connectivity index (χ1n) is 7.03. The van der Waals surface area contributed by atoms with E-state index in [1.165, 1.54) is 12.1 Å². The smallest absolute Gasteiger partial charge is 0.219 e. The number of benzene rings is 1. The molecule has 0 unspecified atom stereocenters. The van der Waals surface area contributed by atoms with E-state index in [4.69, 9.17) is 18.0 Å². The maximum absolute atomic E-state index is 13.3. The summed E-state index contributed by atoms with van der Waals surface area (Å²) in [5.74, 6) is -0.220. The molecule has 6 heteroatoms. The highest BCUT2D eigenvalue weighted by Crippen LogP contribution is 2.15. The molecule has 0 atom stereocenters. The van der Waals surface area contributed by atoms with Crippen LogP contribution in [-0.4, -0.2) is 46.9 Å². The Morgan fingerprint density at radius 1 is 1.33 bits per heavy atom. The molecule has 0 saturated carbocycles. The number of thiocarbonyl (C=S) groups is 1. The summed E-state index contributed by atoms with van der Waals surface area (Å²) in [6.45, 7) is 5.47. The molecule has 1 aliphatic heterocycles. The fourth-order valence-electron chi connectivity index (χ4n) is 2.60. The molecule has 1 fully saturated rings. The summed E-state index contributed by atoms with van der Waals surface area (Å²) in [6.07, 6.45) is 0.934. The van der Waals surface area contributed by atoms with Gasteiger partial charge in [0.05, 0.1) is 0 Å². The molecule has 1 aromatic carbocycles. The molecule has 2 N–H and O–H groups in total. The third-order valence-electron chi connectivity index (χ3n) is 3.77. The number of carbonyl (C=O) groups is 1. The van der Waals surface area contributed by atoms with Crippen molar-refractivity contribution in [2.24, 2.45) is 5.73 Å². The van der Waals surface area contributed by atoms with Crippen LogP contribution in [0.25, 0.3) is 0 Å². The van der Waals surface area contributed by atoms with Gasteiger partial charge in [0.25, 0.3) is 0 Å². The normalized spacial score (nSPS) is 16.6. The van der Waals surface area contributed by atoms with Crippen LogP contribution in [0.1, 0.15) is 24.5 Å². The Labute approximate surface area is 129 Å². The van der Waals surface area contributed by atoms with E-state index in [0.717, 1.165) is 38.2 Å². The molecule has 0 spiro atoms. The molecule has 4 nitrogen and oxygen atoms in total. The summed E-state index contributed by atoms with van der Waals surface area (Å²) in [7, 11) is 0. The van der Waals surface area contributed by atoms with Crippen LogP contribution in [0.15, 0.2) is 18.2 Å². The van der Waals surface area contributed by atoms with Gasteiger partial charge < -0.3 is 10.6 Å². The number of nitrogens with zero attached hydrogens (tertiary/aromatic N) is 2. The summed E-state index contributed by atoms with van der Waals surface area (Å²) in [6, 6.07) is 4.55. The number of rotatable bonds is 3. The molecule has 1 amide bonds. The molecule has 1 aromatic rings. The highest BCUT2D eigenvalue weighted by Gasteiger charge is 2.18. The molecule has 1 saturated heterocycles. The Morgan fingerprint density at radius 2 is 2.10 bits per heavy atom. The Morgan fingerprint density at radius 3 is 2.76 bits per heavy atom. The molecule has 0 aliphatic carbocycles. The fourth-order valence-corrected chi connectivity index (χ4v) is 2.79. The Bertz CT molecular complexity index is 550. The van der Waals surface area contributed by atoms with Crippen molar-refractivity contribution < 1.29 is 9.18 Å². The van der Waals surface area contributed by atoms with E-state index in [1.807, 2.05) is 4.90 Å². The molecular formula is C15H20FN3OS. The van der Waals surface area contributed by atoms with Crippen molar-refractivity contribution in [2.45, 2.75) is 19.9 Å². The van der Waals surface area contributed by atoms with Crippen molar-refractivity contribution >= 4 is 23.1 Å². The van der Waals surface area contributed by atoms with E-state index in [9.17, 15) is 9.18 Å². The standard InChI is InChI=1S/C15H20FN3OS/c1-11(20)19-6-2-5-18(7-8-19)10-12-3-4-13(16)9-14(12)15(17)21/h3-4,9H,2,5-8,10H2,1H3,(H2,17,21). The average molecular weight is 309 g/mol. The molecule has 1 aliphatic rings. The maximum Gasteiger partial charge on any atom is 0.219 e. The van der Waals surface area contributed by atoms with Crippen molar-refractivity contribution in [3.63, 3.8) is 0 Å². The van der Waals surface area contributed by atoms with E-state index >= 15 is 0 Å². The quantitative estimate of drug-likeness (QED) is 0.860. The highest BCUT2D eigenvalue weighted by molar-refractivity contribution is 7.80. The molecule has 0 radical (unpaired) electrons. The number of hydrogen-bond donors (Lipinski definition) is 1. The monoisotopic (exact) mass is 309 g/mol. The van der Waals surface area contributed by atoms with Crippen LogP contribution in [0.3, 0.4) is 0 Å². The lowest BCUT2D eigenvalue weighted by Gasteiger charge is -2.22. The lowest BCUT2D eigenvalue weighted by molar-refractivity contribution is -0.128. The summed E-state index contributed by atoms with van der Waals surface area (Å²) in [4.78, 5) is 15.8. The minimum Gasteiger partial charge on any atom is -0.389 e. The molecule has 0 aromatic heterocycles. The topological polar surface area (TPSA) is 49.6 Å². The predicted octanol–water partition coefficient (Wildman–Crippen LogP) is 1.51. The zero-order valence-electron chi connectivity index (χ0n) is 12.1. The van der Waals surface area contributed by atoms with Crippen LogP contribution in [0.4, 0.5) is 4.39 Å². The van der Waals surface area contributed by atoms with Crippen LogP contribution in [0.5, 0.6) is 0 Å². The second-order valence-corrected chi connectivity index (χ2v) is 5.74. The summed E-state index contributed by atoms with van der Waals surface area (Å²) in [5, 5.41) is 0. The summed E-state index contributed by atoms with van der Waals surface area (Å²) >= 11 is 5.00. The predicted molar refractivity (Wildman–Crippen MR) is 84.4 cm³/mol. The zero-order valence-corrected chi connectivity index (χ0v) is 13.0. The second-order valence-electron chi connectivity index (χ2n) is 5.30. The van der Waals surface area contributed by atoms with Gasteiger partial charge in [-0.25, -0.2) is 4.39 Å². The first kappa shape index (κ1) is 15.9. The van der Waals surface area contributed by atoms with Gasteiger partial charge in [0.1, 0.15) is 10.8 Å². The van der Waals surface area contributed by atoms with E-state index in [1.54, 1.807) is 13.0 Å². The first-order chi connectivity index (χ1) is 9.97. The van der Waals surface area contributed by atoms with Crippen molar-refractivity contribution in [1.82, 2.24) is 9.80 Å². The van der Waals surface area contributed by atoms with Crippen LogP contribution >= 0.6 is 12.2 Å². The maximum atomic E-state index is 13.3. The van der Waals surface area contributed by atoms with Gasteiger partial charge in [-0.1, -0.05) is 18.3 Å². The zero-order chi connectivity index (χ0) is 15.4. The minimum absolute atomic E-state index is 0.113.